The van der Waals surface area contributed by atoms with E-state index in [1.165, 1.54) is 5.56 Å². The fourth-order valence-electron chi connectivity index (χ4n) is 3.22. The first-order valence-corrected chi connectivity index (χ1v) is 10.4. The van der Waals surface area contributed by atoms with Crippen LogP contribution in [0.15, 0.2) is 60.9 Å². The number of nitrogens with one attached hydrogen (secondary N) is 2. The van der Waals surface area contributed by atoms with E-state index in [2.05, 4.69) is 52.3 Å². The van der Waals surface area contributed by atoms with Crippen molar-refractivity contribution < 1.29 is 4.79 Å². The monoisotopic (exact) mass is 417 g/mol. The molecule has 31 heavy (non-hydrogen) atoms. The van der Waals surface area contributed by atoms with Crippen LogP contribution < -0.4 is 10.6 Å². The van der Waals surface area contributed by atoms with Crippen LogP contribution in [0, 0.1) is 0 Å². The predicted molar refractivity (Wildman–Crippen MR) is 126 cm³/mol. The second-order valence-corrected chi connectivity index (χ2v) is 8.93. The molecule has 0 radical (unpaired) electrons. The molecule has 0 atom stereocenters. The maximum absolute atomic E-state index is 12.9. The molecule has 0 saturated carbocycles. The quantitative estimate of drug-likeness (QED) is 0.583. The van der Waals surface area contributed by atoms with Gasteiger partial charge in [0.2, 0.25) is 0 Å². The van der Waals surface area contributed by atoms with E-state index >= 15 is 0 Å². The second kappa shape index (κ2) is 9.71. The summed E-state index contributed by atoms with van der Waals surface area (Å²) in [7, 11) is 4.03. The van der Waals surface area contributed by atoms with Crippen LogP contribution >= 0.6 is 0 Å². The Morgan fingerprint density at radius 1 is 1.00 bits per heavy atom. The van der Waals surface area contributed by atoms with E-state index in [0.717, 1.165) is 23.5 Å². The van der Waals surface area contributed by atoms with Gasteiger partial charge in [0.15, 0.2) is 0 Å². The van der Waals surface area contributed by atoms with Gasteiger partial charge in [-0.25, -0.2) is 4.98 Å². The van der Waals surface area contributed by atoms with Crippen molar-refractivity contribution in [2.24, 2.45) is 0 Å². The molecule has 162 valence electrons. The Balaban J connectivity index is 1.69. The number of carbonyl (C=O) groups excluding carboxylic acids is 1. The Bertz CT molecular complexity index is 1020. The number of amides is 1. The first-order chi connectivity index (χ1) is 14.7. The van der Waals surface area contributed by atoms with E-state index in [-0.39, 0.29) is 11.3 Å². The van der Waals surface area contributed by atoms with Gasteiger partial charge in [0.25, 0.3) is 5.91 Å². The normalized spacial score (nSPS) is 11.4. The average Bonchev–Trinajstić information content (AvgIpc) is 2.72. The Labute approximate surface area is 184 Å². The molecule has 1 aromatic carbocycles. The number of pyridine rings is 2. The van der Waals surface area contributed by atoms with Crippen molar-refractivity contribution >= 4 is 17.4 Å². The van der Waals surface area contributed by atoms with Gasteiger partial charge in [-0.15, -0.1) is 0 Å². The molecule has 2 aromatic heterocycles. The Kier molecular flexibility index (Phi) is 7.02. The molecule has 0 bridgehead atoms. The van der Waals surface area contributed by atoms with Gasteiger partial charge >= 0.3 is 0 Å². The lowest BCUT2D eigenvalue weighted by molar-refractivity contribution is 0.102. The topological polar surface area (TPSA) is 70.2 Å². The zero-order valence-corrected chi connectivity index (χ0v) is 18.9. The lowest BCUT2D eigenvalue weighted by Crippen LogP contribution is -2.16. The number of hydrogen-bond donors (Lipinski definition) is 2. The Morgan fingerprint density at radius 2 is 1.74 bits per heavy atom. The van der Waals surface area contributed by atoms with Crippen molar-refractivity contribution in [1.29, 1.82) is 0 Å². The van der Waals surface area contributed by atoms with Crippen molar-refractivity contribution in [3.63, 3.8) is 0 Å². The van der Waals surface area contributed by atoms with E-state index in [0.29, 0.717) is 17.9 Å². The summed E-state index contributed by atoms with van der Waals surface area (Å²) in [5.41, 5.74) is 4.64. The van der Waals surface area contributed by atoms with Gasteiger partial charge < -0.3 is 15.5 Å². The molecule has 0 saturated heterocycles. The van der Waals surface area contributed by atoms with Crippen LogP contribution in [0.25, 0.3) is 0 Å². The van der Waals surface area contributed by atoms with Crippen molar-refractivity contribution in [3.05, 3.63) is 83.3 Å². The number of anilines is 2. The average molecular weight is 418 g/mol. The Hall–Kier alpha value is -3.25. The number of benzene rings is 1. The Morgan fingerprint density at radius 3 is 2.42 bits per heavy atom. The molecule has 0 aliphatic heterocycles. The van der Waals surface area contributed by atoms with Crippen molar-refractivity contribution in [1.82, 2.24) is 14.9 Å². The van der Waals surface area contributed by atoms with Gasteiger partial charge in [-0.3, -0.25) is 9.78 Å². The van der Waals surface area contributed by atoms with Gasteiger partial charge in [-0.05, 0) is 67.0 Å². The summed E-state index contributed by atoms with van der Waals surface area (Å²) in [4.78, 5) is 23.8. The number of aromatic nitrogens is 2. The molecule has 2 N–H and O–H groups in total. The van der Waals surface area contributed by atoms with Crippen LogP contribution in [-0.2, 0) is 18.5 Å². The highest BCUT2D eigenvalue weighted by molar-refractivity contribution is 6.07. The number of rotatable bonds is 7. The molecule has 3 aromatic rings. The highest BCUT2D eigenvalue weighted by Gasteiger charge is 2.15. The fraction of sp³-hybridized carbons (Fsp3) is 0.320. The molecule has 6 nitrogen and oxygen atoms in total. The first-order valence-electron chi connectivity index (χ1n) is 10.4. The molecule has 0 unspecified atom stereocenters. The molecule has 0 fully saturated rings. The molecular weight excluding hydrogens is 386 g/mol. The first kappa shape index (κ1) is 22.4. The highest BCUT2D eigenvalue weighted by Crippen LogP contribution is 2.24. The summed E-state index contributed by atoms with van der Waals surface area (Å²) in [6, 6.07) is 15.5. The van der Waals surface area contributed by atoms with E-state index < -0.39 is 0 Å². The highest BCUT2D eigenvalue weighted by atomic mass is 16.1. The third-order valence-electron chi connectivity index (χ3n) is 4.88. The lowest BCUT2D eigenvalue weighted by atomic mass is 9.87. The van der Waals surface area contributed by atoms with Gasteiger partial charge in [-0.1, -0.05) is 32.9 Å². The van der Waals surface area contributed by atoms with Crippen molar-refractivity contribution in [2.45, 2.75) is 39.3 Å². The maximum atomic E-state index is 12.9. The van der Waals surface area contributed by atoms with Crippen LogP contribution in [0.5, 0.6) is 0 Å². The molecule has 3 rings (SSSR count). The van der Waals surface area contributed by atoms with Gasteiger partial charge in [0.1, 0.15) is 5.82 Å². The standard InChI is InChI=1S/C25H31N5O/c1-25(2,3)19-8-10-20(11-9-19)29-24(31)22-7-6-13-27-23(22)28-16-18-12-14-26-21(15-18)17-30(4)5/h6-15H,16-17H2,1-5H3,(H,27,28)(H,29,31). The minimum Gasteiger partial charge on any atom is -0.365 e. The van der Waals surface area contributed by atoms with E-state index in [1.807, 2.05) is 50.6 Å². The number of carbonyl (C=O) groups is 1. The molecule has 0 aliphatic carbocycles. The fourth-order valence-corrected chi connectivity index (χ4v) is 3.22. The predicted octanol–water partition coefficient (Wildman–Crippen LogP) is 4.70. The SMILES string of the molecule is CN(C)Cc1cc(CNc2ncccc2C(=O)Nc2ccc(C(C)(C)C)cc2)ccn1. The van der Waals surface area contributed by atoms with Crippen molar-refractivity contribution in [2.75, 3.05) is 24.7 Å². The molecule has 6 heteroatoms. The summed E-state index contributed by atoms with van der Waals surface area (Å²) in [5.74, 6) is 0.361. The number of hydrogen-bond acceptors (Lipinski definition) is 5. The van der Waals surface area contributed by atoms with Crippen molar-refractivity contribution in [3.8, 4) is 0 Å². The van der Waals surface area contributed by atoms with Gasteiger partial charge in [0, 0.05) is 31.2 Å². The van der Waals surface area contributed by atoms with E-state index in [4.69, 9.17) is 0 Å². The van der Waals surface area contributed by atoms with Crippen LogP contribution in [-0.4, -0.2) is 34.9 Å². The van der Waals surface area contributed by atoms with Crippen LogP contribution in [0.1, 0.15) is 48.0 Å². The minimum atomic E-state index is -0.192. The largest absolute Gasteiger partial charge is 0.365 e. The van der Waals surface area contributed by atoms with E-state index in [9.17, 15) is 4.79 Å². The zero-order chi connectivity index (χ0) is 22.4. The molecule has 1 amide bonds. The smallest absolute Gasteiger partial charge is 0.259 e. The summed E-state index contributed by atoms with van der Waals surface area (Å²) < 4.78 is 0. The van der Waals surface area contributed by atoms with E-state index in [1.54, 1.807) is 18.3 Å². The van der Waals surface area contributed by atoms with Crippen LogP contribution in [0.2, 0.25) is 0 Å². The molecule has 0 aliphatic rings. The van der Waals surface area contributed by atoms with Crippen LogP contribution in [0.3, 0.4) is 0 Å². The molecular formula is C25H31N5O. The third kappa shape index (κ3) is 6.36. The van der Waals surface area contributed by atoms with Gasteiger partial charge in [-0.2, -0.15) is 0 Å². The number of nitrogens with zero attached hydrogens (tertiary/aromatic N) is 3. The zero-order valence-electron chi connectivity index (χ0n) is 18.9. The second-order valence-electron chi connectivity index (χ2n) is 8.93. The van der Waals surface area contributed by atoms with Crippen LogP contribution in [0.4, 0.5) is 11.5 Å². The summed E-state index contributed by atoms with van der Waals surface area (Å²) in [6.07, 6.45) is 3.49. The lowest BCUT2D eigenvalue weighted by Gasteiger charge is -2.19. The minimum absolute atomic E-state index is 0.0718. The summed E-state index contributed by atoms with van der Waals surface area (Å²) in [5, 5.41) is 6.26. The maximum Gasteiger partial charge on any atom is 0.259 e. The molecule has 2 heterocycles. The summed E-state index contributed by atoms with van der Waals surface area (Å²) in [6.45, 7) is 7.83. The molecule has 0 spiro atoms. The summed E-state index contributed by atoms with van der Waals surface area (Å²) >= 11 is 0. The van der Waals surface area contributed by atoms with Gasteiger partial charge in [0.05, 0.1) is 11.3 Å². The third-order valence-corrected chi connectivity index (χ3v) is 4.88.